The normalized spacial score (nSPS) is 41.6. The summed E-state index contributed by atoms with van der Waals surface area (Å²) in [6.45, 7) is 6.58. The van der Waals surface area contributed by atoms with Gasteiger partial charge in [0.15, 0.2) is 23.3 Å². The molecule has 0 amide bonds. The van der Waals surface area contributed by atoms with Gasteiger partial charge in [0.25, 0.3) is 0 Å². The minimum atomic E-state index is -2.18. The maximum absolute atomic E-state index is 17.6. The number of halogens is 2. The standard InChI is InChI=1S/C37H41F2NO5/c1-21-13-14-34(2)28(15-21)29(38)17-27-26-18-32-37(31(43)20-41,35(26,3)19-30(42)36(27,34)39)45-33(44-32)24-11-9-22(10-12-24)7-8-23-5-4-6-25(40)16-23/h4-6,9-16,26-27,29-30,32-33,41-42H,1,7-8,17-20,40H2,2-3H3/t26-,27-,29-,30-,32+,33+,34-,35-,36-,37+/m0/s1. The molecule has 2 aromatic rings. The highest BCUT2D eigenvalue weighted by Gasteiger charge is 2.80. The fourth-order valence-electron chi connectivity index (χ4n) is 9.66. The molecule has 238 valence electrons. The molecule has 0 bridgehead atoms. The van der Waals surface area contributed by atoms with Crippen molar-refractivity contribution >= 4 is 11.5 Å². The Bertz CT molecular complexity index is 1610. The van der Waals surface area contributed by atoms with Gasteiger partial charge in [0.1, 0.15) is 12.8 Å². The van der Waals surface area contributed by atoms with Gasteiger partial charge < -0.3 is 25.4 Å². The van der Waals surface area contributed by atoms with Gasteiger partial charge in [0.2, 0.25) is 0 Å². The summed E-state index contributed by atoms with van der Waals surface area (Å²) < 4.78 is 46.6. The monoisotopic (exact) mass is 617 g/mol. The molecule has 1 saturated heterocycles. The van der Waals surface area contributed by atoms with E-state index in [1.54, 1.807) is 25.2 Å². The lowest BCUT2D eigenvalue weighted by Gasteiger charge is -2.63. The molecule has 1 heterocycles. The topological polar surface area (TPSA) is 102 Å². The lowest BCUT2D eigenvalue weighted by atomic mass is 9.44. The van der Waals surface area contributed by atoms with E-state index in [-0.39, 0.29) is 19.3 Å². The Kier molecular flexibility index (Phi) is 7.06. The average Bonchev–Trinajstić information content (AvgIpc) is 3.52. The van der Waals surface area contributed by atoms with E-state index >= 15 is 8.78 Å². The number of hydrogen-bond donors (Lipinski definition) is 3. The number of allylic oxidation sites excluding steroid dienone is 5. The van der Waals surface area contributed by atoms with Gasteiger partial charge in [-0.2, -0.15) is 0 Å². The number of anilines is 1. The molecule has 10 atom stereocenters. The number of nitrogen functional groups attached to an aromatic ring is 1. The maximum atomic E-state index is 17.6. The van der Waals surface area contributed by atoms with Crippen LogP contribution in [0.1, 0.15) is 56.1 Å². The minimum absolute atomic E-state index is 0.0967. The Hall–Kier alpha value is -3.17. The third-order valence-corrected chi connectivity index (χ3v) is 11.9. The summed E-state index contributed by atoms with van der Waals surface area (Å²) in [5, 5.41) is 21.9. The van der Waals surface area contributed by atoms with Crippen LogP contribution in [-0.2, 0) is 27.1 Å². The zero-order valence-corrected chi connectivity index (χ0v) is 25.7. The summed E-state index contributed by atoms with van der Waals surface area (Å²) in [6, 6.07) is 15.6. The second-order valence-electron chi connectivity index (χ2n) is 14.1. The number of alkyl halides is 2. The second kappa shape index (κ2) is 10.4. The number of hydrogen-bond acceptors (Lipinski definition) is 6. The van der Waals surface area contributed by atoms with Gasteiger partial charge in [0.05, 0.1) is 12.2 Å². The van der Waals surface area contributed by atoms with Gasteiger partial charge in [-0.3, -0.25) is 4.79 Å². The summed E-state index contributed by atoms with van der Waals surface area (Å²) in [5.74, 6) is -2.00. The number of fused-ring (bicyclic) bond motifs is 7. The third-order valence-electron chi connectivity index (χ3n) is 11.9. The van der Waals surface area contributed by atoms with Crippen molar-refractivity contribution in [3.05, 3.63) is 101 Å². The Morgan fingerprint density at radius 1 is 1.09 bits per heavy atom. The largest absolute Gasteiger partial charge is 0.399 e. The molecule has 4 fully saturated rings. The molecule has 4 aliphatic carbocycles. The van der Waals surface area contributed by atoms with E-state index in [1.807, 2.05) is 55.5 Å². The van der Waals surface area contributed by atoms with Crippen molar-refractivity contribution < 1.29 is 33.3 Å². The molecule has 0 unspecified atom stereocenters. The van der Waals surface area contributed by atoms with E-state index in [1.165, 1.54) is 0 Å². The van der Waals surface area contributed by atoms with E-state index in [4.69, 9.17) is 15.2 Å². The number of nitrogens with two attached hydrogens (primary N) is 1. The first kappa shape index (κ1) is 30.5. The number of benzene rings is 2. The molecule has 6 nitrogen and oxygen atoms in total. The Balaban J connectivity index is 1.18. The van der Waals surface area contributed by atoms with Crippen LogP contribution < -0.4 is 5.73 Å². The van der Waals surface area contributed by atoms with Gasteiger partial charge in [-0.05, 0) is 79.4 Å². The van der Waals surface area contributed by atoms with Crippen molar-refractivity contribution in [2.45, 2.75) is 81.9 Å². The van der Waals surface area contributed by atoms with Crippen LogP contribution in [0.3, 0.4) is 0 Å². The number of ketones is 1. The molecule has 1 aliphatic heterocycles. The van der Waals surface area contributed by atoms with Crippen LogP contribution in [0.2, 0.25) is 0 Å². The molecule has 0 spiro atoms. The number of carbonyl (C=O) groups excluding carboxylic acids is 1. The predicted octanol–water partition coefficient (Wildman–Crippen LogP) is 5.68. The number of aryl methyl sites for hydroxylation is 2. The molecule has 0 aromatic heterocycles. The number of aliphatic hydroxyl groups excluding tert-OH is 2. The third kappa shape index (κ3) is 4.15. The molecule has 45 heavy (non-hydrogen) atoms. The molecular formula is C37H41F2NO5. The van der Waals surface area contributed by atoms with Crippen LogP contribution in [0.4, 0.5) is 14.5 Å². The minimum Gasteiger partial charge on any atom is -0.399 e. The Labute approximate surface area is 262 Å². The highest BCUT2D eigenvalue weighted by atomic mass is 19.1. The lowest BCUT2D eigenvalue weighted by molar-refractivity contribution is -0.235. The van der Waals surface area contributed by atoms with Crippen molar-refractivity contribution in [2.75, 3.05) is 12.3 Å². The molecule has 7 rings (SSSR count). The van der Waals surface area contributed by atoms with Gasteiger partial charge in [-0.15, -0.1) is 0 Å². The first-order chi connectivity index (χ1) is 21.4. The summed E-state index contributed by atoms with van der Waals surface area (Å²) in [4.78, 5) is 13.7. The van der Waals surface area contributed by atoms with E-state index in [2.05, 4.69) is 6.58 Å². The Morgan fingerprint density at radius 3 is 2.53 bits per heavy atom. The zero-order chi connectivity index (χ0) is 31.9. The highest BCUT2D eigenvalue weighted by molar-refractivity contribution is 5.91. The lowest BCUT2D eigenvalue weighted by Crippen LogP contribution is -2.70. The number of carbonyl (C=O) groups is 1. The van der Waals surface area contributed by atoms with E-state index < -0.39 is 71.0 Å². The van der Waals surface area contributed by atoms with Crippen LogP contribution >= 0.6 is 0 Å². The molecule has 5 aliphatic rings. The maximum Gasteiger partial charge on any atom is 0.193 e. The van der Waals surface area contributed by atoms with Crippen LogP contribution in [-0.4, -0.2) is 52.3 Å². The number of aliphatic hydroxyl groups is 2. The quantitative estimate of drug-likeness (QED) is 0.361. The van der Waals surface area contributed by atoms with E-state index in [9.17, 15) is 15.0 Å². The first-order valence-electron chi connectivity index (χ1n) is 15.9. The smallest absolute Gasteiger partial charge is 0.193 e. The SMILES string of the molecule is C=C1C=C[C@@]2(C)C(=C1)[C@@H](F)C[C@H]1[C@@H]3C[C@H]4O[C@@H](c5ccc(CCc6cccc(N)c6)cc5)O[C@@]4(C(=O)CO)[C@@]3(C)C[C@H](O)[C@@]12F. The van der Waals surface area contributed by atoms with Crippen LogP contribution in [0.25, 0.3) is 0 Å². The zero-order valence-electron chi connectivity index (χ0n) is 25.7. The molecule has 2 aromatic carbocycles. The summed E-state index contributed by atoms with van der Waals surface area (Å²) >= 11 is 0. The Morgan fingerprint density at radius 2 is 1.82 bits per heavy atom. The van der Waals surface area contributed by atoms with Gasteiger partial charge in [-0.25, -0.2) is 8.78 Å². The number of rotatable bonds is 6. The van der Waals surface area contributed by atoms with Crippen LogP contribution in [0.15, 0.2) is 84.5 Å². The van der Waals surface area contributed by atoms with E-state index in [0.29, 0.717) is 11.1 Å². The number of ether oxygens (including phenoxy) is 2. The summed E-state index contributed by atoms with van der Waals surface area (Å²) in [7, 11) is 0. The average molecular weight is 618 g/mol. The van der Waals surface area contributed by atoms with Gasteiger partial charge in [-0.1, -0.05) is 68.1 Å². The first-order valence-corrected chi connectivity index (χ1v) is 15.9. The molecule has 8 heteroatoms. The van der Waals surface area contributed by atoms with Crippen LogP contribution in [0, 0.1) is 22.7 Å². The van der Waals surface area contributed by atoms with Gasteiger partial charge in [0, 0.05) is 28.0 Å². The summed E-state index contributed by atoms with van der Waals surface area (Å²) in [6.07, 6.45) is 1.96. The second-order valence-corrected chi connectivity index (χ2v) is 14.1. The molecule has 0 radical (unpaired) electrons. The summed E-state index contributed by atoms with van der Waals surface area (Å²) in [5.41, 5.74) is 4.23. The molecular weight excluding hydrogens is 576 g/mol. The van der Waals surface area contributed by atoms with Crippen molar-refractivity contribution in [2.24, 2.45) is 22.7 Å². The molecule has 3 saturated carbocycles. The molecule has 4 N–H and O–H groups in total. The van der Waals surface area contributed by atoms with Crippen molar-refractivity contribution in [3.63, 3.8) is 0 Å². The van der Waals surface area contributed by atoms with Gasteiger partial charge >= 0.3 is 0 Å². The predicted molar refractivity (Wildman–Crippen MR) is 166 cm³/mol. The fourth-order valence-corrected chi connectivity index (χ4v) is 9.66. The number of Topliss-reactive ketones (excluding diaryl/α,β-unsaturated/α-hetero) is 1. The van der Waals surface area contributed by atoms with E-state index in [0.717, 1.165) is 35.2 Å². The van der Waals surface area contributed by atoms with Crippen molar-refractivity contribution in [1.29, 1.82) is 0 Å². The fraction of sp³-hybridized carbons (Fsp3) is 0.486. The van der Waals surface area contributed by atoms with Crippen molar-refractivity contribution in [3.8, 4) is 0 Å². The van der Waals surface area contributed by atoms with Crippen molar-refractivity contribution in [1.82, 2.24) is 0 Å². The highest BCUT2D eigenvalue weighted by Crippen LogP contribution is 2.72. The van der Waals surface area contributed by atoms with Crippen LogP contribution in [0.5, 0.6) is 0 Å².